The van der Waals surface area contributed by atoms with E-state index in [0.717, 1.165) is 6.07 Å². The Balaban J connectivity index is 1.58. The summed E-state index contributed by atoms with van der Waals surface area (Å²) in [5.74, 6) is -4.90. The highest BCUT2D eigenvalue weighted by atomic mass is 19.3. The molecule has 1 unspecified atom stereocenters. The van der Waals surface area contributed by atoms with Gasteiger partial charge in [0.15, 0.2) is 0 Å². The summed E-state index contributed by atoms with van der Waals surface area (Å²) in [4.78, 5) is 40.1. The number of benzene rings is 2. The molecule has 2 atom stereocenters. The fourth-order valence-electron chi connectivity index (χ4n) is 4.19. The van der Waals surface area contributed by atoms with Gasteiger partial charge in [-0.2, -0.15) is 0 Å². The van der Waals surface area contributed by atoms with Crippen molar-refractivity contribution < 1.29 is 27.6 Å². The highest BCUT2D eigenvalue weighted by Gasteiger charge is 2.48. The predicted octanol–water partition coefficient (Wildman–Crippen LogP) is 3.41. The molecule has 0 radical (unpaired) electrons. The number of likely N-dealkylation sites (tertiary alicyclic amines) is 1. The maximum atomic E-state index is 13.5. The number of carbonyl (C=O) groups excluding carboxylic acids is 3. The number of hydrogen-bond acceptors (Lipinski definition) is 3. The van der Waals surface area contributed by atoms with Gasteiger partial charge in [-0.15, -0.1) is 0 Å². The van der Waals surface area contributed by atoms with Crippen molar-refractivity contribution in [3.63, 3.8) is 0 Å². The van der Waals surface area contributed by atoms with E-state index in [9.17, 15) is 27.6 Å². The smallest absolute Gasteiger partial charge is 0.252 e. The molecular formula is C23H22F3N3O3. The first-order valence-electron chi connectivity index (χ1n) is 10.3. The molecule has 32 heavy (non-hydrogen) atoms. The Morgan fingerprint density at radius 2 is 1.78 bits per heavy atom. The second-order valence-electron chi connectivity index (χ2n) is 8.14. The van der Waals surface area contributed by atoms with Gasteiger partial charge in [-0.1, -0.05) is 36.4 Å². The zero-order valence-corrected chi connectivity index (χ0v) is 17.1. The maximum Gasteiger partial charge on any atom is 0.252 e. The third-order valence-corrected chi connectivity index (χ3v) is 5.73. The lowest BCUT2D eigenvalue weighted by Gasteiger charge is -2.38. The predicted molar refractivity (Wildman–Crippen MR) is 110 cm³/mol. The number of alkyl halides is 2. The fraction of sp³-hybridized carbons (Fsp3) is 0.348. The SMILES string of the molecule is O=C(Nc1cccc(F)c1)C1CCC(=O)N1[C@H](C(=O)NC1CC(F)(F)C1)c1ccccc1. The molecule has 0 aromatic heterocycles. The van der Waals surface area contributed by atoms with Crippen LogP contribution in [-0.4, -0.2) is 40.6 Å². The number of anilines is 1. The Kier molecular flexibility index (Phi) is 5.90. The Bertz CT molecular complexity index is 1020. The van der Waals surface area contributed by atoms with E-state index in [4.69, 9.17) is 0 Å². The van der Waals surface area contributed by atoms with Crippen LogP contribution in [0.3, 0.4) is 0 Å². The molecule has 4 rings (SSSR count). The van der Waals surface area contributed by atoms with Crippen molar-refractivity contribution in [2.75, 3.05) is 5.32 Å². The van der Waals surface area contributed by atoms with E-state index in [-0.39, 0.29) is 18.5 Å². The summed E-state index contributed by atoms with van der Waals surface area (Å²) in [6, 6.07) is 10.9. The molecule has 168 valence electrons. The average Bonchev–Trinajstić information content (AvgIpc) is 3.09. The third kappa shape index (κ3) is 4.61. The molecule has 2 aliphatic rings. The van der Waals surface area contributed by atoms with Crippen molar-refractivity contribution in [3.8, 4) is 0 Å². The lowest BCUT2D eigenvalue weighted by Crippen LogP contribution is -2.55. The molecular weight excluding hydrogens is 423 g/mol. The number of nitrogens with zero attached hydrogens (tertiary/aromatic N) is 1. The van der Waals surface area contributed by atoms with Crippen LogP contribution in [0.5, 0.6) is 0 Å². The lowest BCUT2D eigenvalue weighted by molar-refractivity contribution is -0.145. The van der Waals surface area contributed by atoms with Crippen LogP contribution in [0.1, 0.15) is 37.3 Å². The largest absolute Gasteiger partial charge is 0.351 e. The molecule has 2 aromatic carbocycles. The van der Waals surface area contributed by atoms with Gasteiger partial charge >= 0.3 is 0 Å². The molecule has 9 heteroatoms. The summed E-state index contributed by atoms with van der Waals surface area (Å²) in [5, 5.41) is 5.18. The zero-order chi connectivity index (χ0) is 22.9. The van der Waals surface area contributed by atoms with Gasteiger partial charge in [-0.3, -0.25) is 14.4 Å². The molecule has 1 aliphatic carbocycles. The maximum absolute atomic E-state index is 13.5. The van der Waals surface area contributed by atoms with Crippen molar-refractivity contribution in [3.05, 3.63) is 66.0 Å². The van der Waals surface area contributed by atoms with E-state index in [1.165, 1.54) is 23.1 Å². The molecule has 2 fully saturated rings. The van der Waals surface area contributed by atoms with E-state index >= 15 is 0 Å². The Hall–Kier alpha value is -3.36. The van der Waals surface area contributed by atoms with Crippen molar-refractivity contribution in [2.24, 2.45) is 0 Å². The molecule has 1 saturated heterocycles. The number of nitrogens with one attached hydrogen (secondary N) is 2. The van der Waals surface area contributed by atoms with Crippen LogP contribution in [0.4, 0.5) is 18.9 Å². The van der Waals surface area contributed by atoms with Gasteiger partial charge in [0.05, 0.1) is 0 Å². The van der Waals surface area contributed by atoms with Crippen LogP contribution >= 0.6 is 0 Å². The first-order chi connectivity index (χ1) is 15.2. The Morgan fingerprint density at radius 1 is 1.06 bits per heavy atom. The second kappa shape index (κ2) is 8.64. The molecule has 2 aromatic rings. The van der Waals surface area contributed by atoms with E-state index in [1.807, 2.05) is 0 Å². The molecule has 0 spiro atoms. The van der Waals surface area contributed by atoms with Crippen molar-refractivity contribution in [2.45, 2.75) is 49.7 Å². The number of halogens is 3. The molecule has 2 N–H and O–H groups in total. The first-order valence-corrected chi connectivity index (χ1v) is 10.3. The van der Waals surface area contributed by atoms with Gasteiger partial charge < -0.3 is 15.5 Å². The fourth-order valence-corrected chi connectivity index (χ4v) is 4.19. The molecule has 1 aliphatic heterocycles. The number of amides is 3. The molecule has 0 bridgehead atoms. The van der Waals surface area contributed by atoms with Crippen LogP contribution in [0.15, 0.2) is 54.6 Å². The van der Waals surface area contributed by atoms with Crippen molar-refractivity contribution >= 4 is 23.4 Å². The summed E-state index contributed by atoms with van der Waals surface area (Å²) >= 11 is 0. The van der Waals surface area contributed by atoms with E-state index in [2.05, 4.69) is 10.6 Å². The third-order valence-electron chi connectivity index (χ3n) is 5.73. The normalized spacial score (nSPS) is 21.0. The number of rotatable bonds is 6. The van der Waals surface area contributed by atoms with Gasteiger partial charge in [0.25, 0.3) is 5.92 Å². The lowest BCUT2D eigenvalue weighted by atomic mass is 9.87. The van der Waals surface area contributed by atoms with Gasteiger partial charge in [0, 0.05) is 31.0 Å². The topological polar surface area (TPSA) is 78.5 Å². The average molecular weight is 445 g/mol. The monoisotopic (exact) mass is 445 g/mol. The van der Waals surface area contributed by atoms with Crippen LogP contribution in [-0.2, 0) is 14.4 Å². The summed E-state index contributed by atoms with van der Waals surface area (Å²) in [6.07, 6.45) is -0.688. The number of carbonyl (C=O) groups is 3. The van der Waals surface area contributed by atoms with E-state index < -0.39 is 60.4 Å². The standard InChI is InChI=1S/C23H22F3N3O3/c24-15-7-4-8-16(11-15)27-21(31)18-9-10-19(30)29(18)20(14-5-2-1-3-6-14)22(32)28-17-12-23(25,26)13-17/h1-8,11,17-18,20H,9-10,12-13H2,(H,27,31)(H,28,32)/t18?,20-/m0/s1. The minimum absolute atomic E-state index is 0.0549. The summed E-state index contributed by atoms with van der Waals surface area (Å²) in [7, 11) is 0. The molecule has 3 amide bonds. The van der Waals surface area contributed by atoms with E-state index in [1.54, 1.807) is 30.3 Å². The van der Waals surface area contributed by atoms with E-state index in [0.29, 0.717) is 5.56 Å². The Morgan fingerprint density at radius 3 is 2.44 bits per heavy atom. The second-order valence-corrected chi connectivity index (χ2v) is 8.14. The van der Waals surface area contributed by atoms with Crippen molar-refractivity contribution in [1.82, 2.24) is 10.2 Å². The molecule has 1 heterocycles. The summed E-state index contributed by atoms with van der Waals surface area (Å²) in [5.41, 5.74) is 0.696. The van der Waals surface area contributed by atoms with Gasteiger partial charge in [-0.05, 0) is 30.2 Å². The summed E-state index contributed by atoms with van der Waals surface area (Å²) < 4.78 is 39.9. The number of hydrogen-bond donors (Lipinski definition) is 2. The Labute approximate surface area is 182 Å². The van der Waals surface area contributed by atoms with Crippen LogP contribution < -0.4 is 10.6 Å². The van der Waals surface area contributed by atoms with Crippen molar-refractivity contribution in [1.29, 1.82) is 0 Å². The minimum Gasteiger partial charge on any atom is -0.351 e. The van der Waals surface area contributed by atoms with Crippen LogP contribution in [0.2, 0.25) is 0 Å². The zero-order valence-electron chi connectivity index (χ0n) is 17.1. The van der Waals surface area contributed by atoms with Crippen LogP contribution in [0.25, 0.3) is 0 Å². The highest BCUT2D eigenvalue weighted by molar-refractivity contribution is 6.01. The van der Waals surface area contributed by atoms with Gasteiger partial charge in [-0.25, -0.2) is 13.2 Å². The van der Waals surface area contributed by atoms with Crippen LogP contribution in [0, 0.1) is 5.82 Å². The van der Waals surface area contributed by atoms with Gasteiger partial charge in [0.2, 0.25) is 17.7 Å². The highest BCUT2D eigenvalue weighted by Crippen LogP contribution is 2.38. The summed E-state index contributed by atoms with van der Waals surface area (Å²) in [6.45, 7) is 0. The first kappa shape index (κ1) is 21.9. The molecule has 1 saturated carbocycles. The minimum atomic E-state index is -2.81. The van der Waals surface area contributed by atoms with Gasteiger partial charge in [0.1, 0.15) is 17.9 Å². The quantitative estimate of drug-likeness (QED) is 0.715. The molecule has 6 nitrogen and oxygen atoms in total.